The number of nitrogens with zero attached hydrogens (tertiary/aromatic N) is 3. The first-order valence-electron chi connectivity index (χ1n) is 5.45. The molecule has 0 bridgehead atoms. The molecule has 0 fully saturated rings. The van der Waals surface area contributed by atoms with Gasteiger partial charge in [0.2, 0.25) is 0 Å². The molecular weight excluding hydrogens is 238 g/mol. The molecule has 2 heterocycles. The molecule has 0 spiro atoms. The normalized spacial score (nSPS) is 12.7. The lowest BCUT2D eigenvalue weighted by atomic mass is 10.1. The zero-order valence-corrected chi connectivity index (χ0v) is 10.5. The summed E-state index contributed by atoms with van der Waals surface area (Å²) in [6.07, 6.45) is 2.42. The molecule has 0 saturated heterocycles. The SMILES string of the molecule is CCn1ncc(Cl)c1C(O)c1ccc(C)cn1. The van der Waals surface area contributed by atoms with Crippen LogP contribution in [0.2, 0.25) is 5.02 Å². The molecule has 0 radical (unpaired) electrons. The van der Waals surface area contributed by atoms with Crippen LogP contribution < -0.4 is 0 Å². The number of aliphatic hydroxyl groups excluding tert-OH is 1. The summed E-state index contributed by atoms with van der Waals surface area (Å²) in [6.45, 7) is 4.56. The molecule has 0 aliphatic heterocycles. The Morgan fingerprint density at radius 3 is 2.76 bits per heavy atom. The fraction of sp³-hybridized carbons (Fsp3) is 0.333. The first kappa shape index (κ1) is 12.1. The average Bonchev–Trinajstić information content (AvgIpc) is 2.70. The van der Waals surface area contributed by atoms with E-state index in [4.69, 9.17) is 11.6 Å². The molecule has 0 saturated carbocycles. The summed E-state index contributed by atoms with van der Waals surface area (Å²) in [5, 5.41) is 14.8. The maximum atomic E-state index is 10.3. The Hall–Kier alpha value is -1.39. The molecule has 0 amide bonds. The first-order valence-corrected chi connectivity index (χ1v) is 5.83. The summed E-state index contributed by atoms with van der Waals surface area (Å²) in [5.74, 6) is 0. The lowest BCUT2D eigenvalue weighted by Gasteiger charge is -2.12. The summed E-state index contributed by atoms with van der Waals surface area (Å²) in [4.78, 5) is 4.20. The third-order valence-corrected chi connectivity index (χ3v) is 2.90. The highest BCUT2D eigenvalue weighted by atomic mass is 35.5. The molecule has 90 valence electrons. The molecule has 4 nitrogen and oxygen atoms in total. The van der Waals surface area contributed by atoms with Crippen molar-refractivity contribution in [2.75, 3.05) is 0 Å². The second kappa shape index (κ2) is 4.85. The quantitative estimate of drug-likeness (QED) is 0.911. The zero-order valence-electron chi connectivity index (χ0n) is 9.76. The second-order valence-electron chi connectivity index (χ2n) is 3.86. The van der Waals surface area contributed by atoms with E-state index in [0.29, 0.717) is 23.0 Å². The molecule has 2 aromatic heterocycles. The smallest absolute Gasteiger partial charge is 0.139 e. The highest BCUT2D eigenvalue weighted by Gasteiger charge is 2.20. The van der Waals surface area contributed by atoms with Gasteiger partial charge in [-0.15, -0.1) is 0 Å². The summed E-state index contributed by atoms with van der Waals surface area (Å²) < 4.78 is 1.68. The van der Waals surface area contributed by atoms with E-state index in [9.17, 15) is 5.11 Å². The minimum absolute atomic E-state index is 0.460. The fourth-order valence-electron chi connectivity index (χ4n) is 1.68. The van der Waals surface area contributed by atoms with Crippen LogP contribution in [0.4, 0.5) is 0 Å². The van der Waals surface area contributed by atoms with Crippen LogP contribution in [-0.2, 0) is 6.54 Å². The average molecular weight is 252 g/mol. The van der Waals surface area contributed by atoms with Crippen LogP contribution in [0, 0.1) is 6.92 Å². The zero-order chi connectivity index (χ0) is 12.4. The third-order valence-electron chi connectivity index (χ3n) is 2.61. The van der Waals surface area contributed by atoms with Crippen molar-refractivity contribution >= 4 is 11.6 Å². The van der Waals surface area contributed by atoms with Gasteiger partial charge in [-0.2, -0.15) is 5.10 Å². The highest BCUT2D eigenvalue weighted by molar-refractivity contribution is 6.31. The summed E-state index contributed by atoms with van der Waals surface area (Å²) >= 11 is 6.03. The van der Waals surface area contributed by atoms with Crippen molar-refractivity contribution in [2.24, 2.45) is 0 Å². The molecular formula is C12H14ClN3O. The van der Waals surface area contributed by atoms with Crippen LogP contribution >= 0.6 is 11.6 Å². The predicted octanol–water partition coefficient (Wildman–Crippen LogP) is 2.34. The van der Waals surface area contributed by atoms with Gasteiger partial charge in [0.1, 0.15) is 6.10 Å². The number of rotatable bonds is 3. The van der Waals surface area contributed by atoms with E-state index in [0.717, 1.165) is 5.56 Å². The summed E-state index contributed by atoms with van der Waals surface area (Å²) in [6, 6.07) is 3.70. The lowest BCUT2D eigenvalue weighted by molar-refractivity contribution is 0.203. The number of pyridine rings is 1. The van der Waals surface area contributed by atoms with Gasteiger partial charge in [-0.05, 0) is 25.5 Å². The van der Waals surface area contributed by atoms with Gasteiger partial charge < -0.3 is 5.11 Å². The molecule has 2 aromatic rings. The maximum absolute atomic E-state index is 10.3. The van der Waals surface area contributed by atoms with Crippen LogP contribution in [0.1, 0.15) is 30.0 Å². The van der Waals surface area contributed by atoms with Gasteiger partial charge in [0.05, 0.1) is 22.6 Å². The molecule has 2 rings (SSSR count). The molecule has 0 aliphatic carbocycles. The van der Waals surface area contributed by atoms with Crippen LogP contribution in [0.25, 0.3) is 0 Å². The number of aryl methyl sites for hydroxylation is 2. The van der Waals surface area contributed by atoms with Crippen molar-refractivity contribution in [3.8, 4) is 0 Å². The molecule has 17 heavy (non-hydrogen) atoms. The monoisotopic (exact) mass is 251 g/mol. The lowest BCUT2D eigenvalue weighted by Crippen LogP contribution is -2.10. The Bertz CT molecular complexity index is 507. The van der Waals surface area contributed by atoms with Crippen molar-refractivity contribution in [2.45, 2.75) is 26.5 Å². The molecule has 1 N–H and O–H groups in total. The Labute approximate surface area is 105 Å². The molecule has 0 aliphatic rings. The molecule has 1 unspecified atom stereocenters. The Morgan fingerprint density at radius 2 is 2.18 bits per heavy atom. The predicted molar refractivity (Wildman–Crippen MR) is 65.9 cm³/mol. The first-order chi connectivity index (χ1) is 8.13. The van der Waals surface area contributed by atoms with E-state index in [1.54, 1.807) is 16.9 Å². The Balaban J connectivity index is 2.39. The van der Waals surface area contributed by atoms with Gasteiger partial charge >= 0.3 is 0 Å². The van der Waals surface area contributed by atoms with Crippen LogP contribution in [0.3, 0.4) is 0 Å². The van der Waals surface area contributed by atoms with E-state index in [2.05, 4.69) is 10.1 Å². The number of hydrogen-bond acceptors (Lipinski definition) is 3. The highest BCUT2D eigenvalue weighted by Crippen LogP contribution is 2.27. The maximum Gasteiger partial charge on any atom is 0.139 e. The standard InChI is InChI=1S/C12H14ClN3O/c1-3-16-11(9(13)7-15-16)12(17)10-5-4-8(2)6-14-10/h4-7,12,17H,3H2,1-2H3. The summed E-state index contributed by atoms with van der Waals surface area (Å²) in [5.41, 5.74) is 2.22. The van der Waals surface area contributed by atoms with Gasteiger partial charge in [0, 0.05) is 12.7 Å². The summed E-state index contributed by atoms with van der Waals surface area (Å²) in [7, 11) is 0. The second-order valence-corrected chi connectivity index (χ2v) is 4.26. The van der Waals surface area contributed by atoms with E-state index in [1.165, 1.54) is 6.20 Å². The number of halogens is 1. The minimum atomic E-state index is -0.842. The Morgan fingerprint density at radius 1 is 1.41 bits per heavy atom. The van der Waals surface area contributed by atoms with Crippen LogP contribution in [0.15, 0.2) is 24.5 Å². The van der Waals surface area contributed by atoms with Crippen molar-refractivity contribution in [3.63, 3.8) is 0 Å². The van der Waals surface area contributed by atoms with Crippen LogP contribution in [0.5, 0.6) is 0 Å². The molecule has 0 aromatic carbocycles. The number of aliphatic hydroxyl groups is 1. The largest absolute Gasteiger partial charge is 0.380 e. The Kier molecular flexibility index (Phi) is 3.45. The van der Waals surface area contributed by atoms with Crippen molar-refractivity contribution in [1.29, 1.82) is 0 Å². The minimum Gasteiger partial charge on any atom is -0.380 e. The van der Waals surface area contributed by atoms with Gasteiger partial charge in [-0.3, -0.25) is 9.67 Å². The third kappa shape index (κ3) is 2.33. The van der Waals surface area contributed by atoms with Crippen molar-refractivity contribution in [3.05, 3.63) is 46.5 Å². The van der Waals surface area contributed by atoms with E-state index >= 15 is 0 Å². The fourth-order valence-corrected chi connectivity index (χ4v) is 1.92. The van der Waals surface area contributed by atoms with Gasteiger partial charge in [-0.25, -0.2) is 0 Å². The van der Waals surface area contributed by atoms with Crippen LogP contribution in [-0.4, -0.2) is 19.9 Å². The van der Waals surface area contributed by atoms with Gasteiger partial charge in [0.15, 0.2) is 0 Å². The molecule has 1 atom stereocenters. The topological polar surface area (TPSA) is 50.9 Å². The number of hydrogen-bond donors (Lipinski definition) is 1. The van der Waals surface area contributed by atoms with Crippen molar-refractivity contribution in [1.82, 2.24) is 14.8 Å². The van der Waals surface area contributed by atoms with E-state index in [-0.39, 0.29) is 0 Å². The van der Waals surface area contributed by atoms with Crippen molar-refractivity contribution < 1.29 is 5.11 Å². The van der Waals surface area contributed by atoms with E-state index in [1.807, 2.05) is 19.9 Å². The molecule has 5 heteroatoms. The van der Waals surface area contributed by atoms with Gasteiger partial charge in [-0.1, -0.05) is 17.7 Å². The van der Waals surface area contributed by atoms with E-state index < -0.39 is 6.10 Å². The van der Waals surface area contributed by atoms with Gasteiger partial charge in [0.25, 0.3) is 0 Å². The number of aromatic nitrogens is 3.